The molecule has 8 nitrogen and oxygen atoms in total. The number of fused-ring (bicyclic) bond motifs is 5. The van der Waals surface area contributed by atoms with E-state index in [0.29, 0.717) is 19.4 Å². The molecule has 4 rings (SSSR count). The van der Waals surface area contributed by atoms with Crippen molar-refractivity contribution in [1.29, 1.82) is 0 Å². The smallest absolute Gasteiger partial charge is 0.306 e. The number of aliphatic hydroxyl groups is 1. The third-order valence-corrected chi connectivity index (χ3v) is 12.8. The lowest BCUT2D eigenvalue weighted by molar-refractivity contribution is -0.176. The number of unbranched alkanes of at least 4 members (excludes halogenated alkanes) is 11. The van der Waals surface area contributed by atoms with Gasteiger partial charge in [-0.2, -0.15) is 0 Å². The molecule has 0 heterocycles. The molecule has 0 aromatic rings. The van der Waals surface area contributed by atoms with Crippen LogP contribution in [-0.4, -0.2) is 53.2 Å². The van der Waals surface area contributed by atoms with Gasteiger partial charge >= 0.3 is 11.9 Å². The molecular weight excluding hydrogens is 644 g/mol. The molecule has 8 heteroatoms. The molecule has 0 bridgehead atoms. The summed E-state index contributed by atoms with van der Waals surface area (Å²) in [6.45, 7) is 7.67. The third-order valence-electron chi connectivity index (χ3n) is 12.8. The summed E-state index contributed by atoms with van der Waals surface area (Å²) in [4.78, 5) is 64.3. The van der Waals surface area contributed by atoms with Crippen molar-refractivity contribution in [2.24, 2.45) is 34.5 Å². The van der Waals surface area contributed by atoms with Crippen LogP contribution in [0.2, 0.25) is 0 Å². The summed E-state index contributed by atoms with van der Waals surface area (Å²) in [6, 6.07) is 0. The number of ether oxygens (including phenoxy) is 2. The maximum absolute atomic E-state index is 13.9. The molecule has 3 fully saturated rings. The first-order valence-corrected chi connectivity index (χ1v) is 20.1. The highest BCUT2D eigenvalue weighted by Crippen LogP contribution is 2.67. The number of hydrogen-bond donors (Lipinski definition) is 1. The fraction of sp³-hybridized carbons (Fsp3) is 0.744. The molecule has 4 aliphatic rings. The van der Waals surface area contributed by atoms with Crippen LogP contribution in [0.15, 0.2) is 36.0 Å². The lowest BCUT2D eigenvalue weighted by atomic mass is 9.46. The first kappa shape index (κ1) is 40.9. The Morgan fingerprint density at radius 3 is 2.16 bits per heavy atom. The normalized spacial score (nSPS) is 31.2. The topological polar surface area (TPSA) is 124 Å². The summed E-state index contributed by atoms with van der Waals surface area (Å²) in [6.07, 6.45) is 26.9. The molecule has 284 valence electrons. The second-order valence-electron chi connectivity index (χ2n) is 16.3. The maximum atomic E-state index is 13.9. The lowest BCUT2D eigenvalue weighted by Crippen LogP contribution is -2.62. The minimum absolute atomic E-state index is 0.00341. The zero-order valence-electron chi connectivity index (χ0n) is 31.9. The summed E-state index contributed by atoms with van der Waals surface area (Å²) in [5, 5.41) is 12.1. The zero-order chi connectivity index (χ0) is 37.1. The Labute approximate surface area is 306 Å². The van der Waals surface area contributed by atoms with Gasteiger partial charge in [-0.1, -0.05) is 103 Å². The van der Waals surface area contributed by atoms with E-state index < -0.39 is 46.7 Å². The third kappa shape index (κ3) is 9.57. The van der Waals surface area contributed by atoms with Crippen molar-refractivity contribution >= 4 is 29.3 Å². The van der Waals surface area contributed by atoms with E-state index in [9.17, 15) is 29.1 Å². The number of esters is 2. The quantitative estimate of drug-likeness (QED) is 0.0715. The molecule has 0 spiro atoms. The minimum atomic E-state index is -1.82. The summed E-state index contributed by atoms with van der Waals surface area (Å²) in [5.41, 5.74) is -2.36. The van der Waals surface area contributed by atoms with Crippen molar-refractivity contribution in [3.8, 4) is 0 Å². The van der Waals surface area contributed by atoms with E-state index in [1.165, 1.54) is 57.8 Å². The van der Waals surface area contributed by atoms with Gasteiger partial charge in [0.25, 0.3) is 0 Å². The van der Waals surface area contributed by atoms with Gasteiger partial charge in [0.1, 0.15) is 11.4 Å². The van der Waals surface area contributed by atoms with Crippen molar-refractivity contribution in [3.05, 3.63) is 36.0 Å². The van der Waals surface area contributed by atoms with Gasteiger partial charge < -0.3 is 14.6 Å². The molecule has 0 aliphatic heterocycles. The van der Waals surface area contributed by atoms with Crippen LogP contribution in [0, 0.1) is 34.5 Å². The van der Waals surface area contributed by atoms with Gasteiger partial charge in [0.05, 0.1) is 19.4 Å². The average Bonchev–Trinajstić information content (AvgIpc) is 3.30. The summed E-state index contributed by atoms with van der Waals surface area (Å²) >= 11 is 0. The van der Waals surface area contributed by atoms with E-state index in [2.05, 4.69) is 19.1 Å². The molecular formula is C43H64O8. The predicted octanol–water partition coefficient (Wildman–Crippen LogP) is 8.53. The minimum Gasteiger partial charge on any atom is -0.466 e. The summed E-state index contributed by atoms with van der Waals surface area (Å²) < 4.78 is 10.6. The number of carbonyl (C=O) groups is 5. The average molecular weight is 709 g/mol. The first-order valence-electron chi connectivity index (χ1n) is 20.1. The SMILES string of the molecule is CCCCCCC/C=C\CCCCCCCCOC(=O)CCC(=O)OCC(=O)[C@@]1(O)[C@H](C)CC2[C@@H]3CCC4=CC(=O)C=C[C@]4(C)[C@H]3C(=O)C[C@@]21C. The second-order valence-corrected chi connectivity index (χ2v) is 16.3. The van der Waals surface area contributed by atoms with Crippen LogP contribution in [0.5, 0.6) is 0 Å². The highest BCUT2D eigenvalue weighted by molar-refractivity contribution is 6.02. The fourth-order valence-corrected chi connectivity index (χ4v) is 9.92. The number of rotatable bonds is 21. The van der Waals surface area contributed by atoms with E-state index >= 15 is 0 Å². The Hall–Kier alpha value is -2.87. The van der Waals surface area contributed by atoms with E-state index in [1.54, 1.807) is 12.2 Å². The van der Waals surface area contributed by atoms with Crippen molar-refractivity contribution in [3.63, 3.8) is 0 Å². The molecule has 0 aromatic carbocycles. The van der Waals surface area contributed by atoms with Gasteiger partial charge in [0.15, 0.2) is 12.4 Å². The number of carbonyl (C=O) groups excluding carboxylic acids is 5. The molecule has 0 radical (unpaired) electrons. The van der Waals surface area contributed by atoms with Crippen LogP contribution < -0.4 is 0 Å². The summed E-state index contributed by atoms with van der Waals surface area (Å²) in [5.74, 6) is -2.65. The largest absolute Gasteiger partial charge is 0.466 e. The van der Waals surface area contributed by atoms with Crippen molar-refractivity contribution in [2.75, 3.05) is 13.2 Å². The highest BCUT2D eigenvalue weighted by atomic mass is 16.5. The molecule has 0 saturated heterocycles. The van der Waals surface area contributed by atoms with Crippen LogP contribution >= 0.6 is 0 Å². The number of hydrogen-bond acceptors (Lipinski definition) is 8. The van der Waals surface area contributed by atoms with Crippen LogP contribution in [0.4, 0.5) is 0 Å². The van der Waals surface area contributed by atoms with E-state index in [1.807, 2.05) is 26.8 Å². The van der Waals surface area contributed by atoms with Gasteiger partial charge in [-0.05, 0) is 81.3 Å². The number of Topliss-reactive ketones (excluding diaryl/α,β-unsaturated/α-hetero) is 2. The van der Waals surface area contributed by atoms with Crippen molar-refractivity contribution in [2.45, 2.75) is 155 Å². The van der Waals surface area contributed by atoms with Crippen LogP contribution in [0.25, 0.3) is 0 Å². The monoisotopic (exact) mass is 708 g/mol. The molecule has 0 amide bonds. The highest BCUT2D eigenvalue weighted by Gasteiger charge is 2.70. The van der Waals surface area contributed by atoms with Crippen LogP contribution in [0.3, 0.4) is 0 Å². The lowest BCUT2D eigenvalue weighted by Gasteiger charge is -2.56. The Kier molecular flexibility index (Phi) is 15.0. The molecule has 1 N–H and O–H groups in total. The predicted molar refractivity (Wildman–Crippen MR) is 197 cm³/mol. The number of allylic oxidation sites excluding steroid dienone is 6. The Bertz CT molecular complexity index is 1340. The van der Waals surface area contributed by atoms with Crippen LogP contribution in [0.1, 0.15) is 150 Å². The van der Waals surface area contributed by atoms with Gasteiger partial charge in [-0.3, -0.25) is 24.0 Å². The molecule has 4 aliphatic carbocycles. The Balaban J connectivity index is 1.11. The molecule has 1 unspecified atom stereocenters. The first-order chi connectivity index (χ1) is 24.4. The van der Waals surface area contributed by atoms with E-state index in [4.69, 9.17) is 9.47 Å². The van der Waals surface area contributed by atoms with Gasteiger partial charge in [-0.15, -0.1) is 0 Å². The Morgan fingerprint density at radius 2 is 1.49 bits per heavy atom. The Morgan fingerprint density at radius 1 is 0.882 bits per heavy atom. The number of ketones is 3. The van der Waals surface area contributed by atoms with Gasteiger partial charge in [-0.25, -0.2) is 0 Å². The zero-order valence-corrected chi connectivity index (χ0v) is 31.9. The van der Waals surface area contributed by atoms with E-state index in [0.717, 1.165) is 37.7 Å². The molecule has 0 aromatic heterocycles. The molecule has 7 atom stereocenters. The van der Waals surface area contributed by atoms with Crippen LogP contribution in [-0.2, 0) is 33.4 Å². The maximum Gasteiger partial charge on any atom is 0.306 e. The summed E-state index contributed by atoms with van der Waals surface area (Å²) in [7, 11) is 0. The van der Waals surface area contributed by atoms with Crippen molar-refractivity contribution in [1.82, 2.24) is 0 Å². The van der Waals surface area contributed by atoms with Gasteiger partial charge in [0.2, 0.25) is 5.78 Å². The molecule has 51 heavy (non-hydrogen) atoms. The van der Waals surface area contributed by atoms with E-state index in [-0.39, 0.29) is 48.6 Å². The van der Waals surface area contributed by atoms with Gasteiger partial charge in [0, 0.05) is 23.2 Å². The van der Waals surface area contributed by atoms with Crippen molar-refractivity contribution < 1.29 is 38.6 Å². The second kappa shape index (κ2) is 18.8. The molecule has 3 saturated carbocycles. The standard InChI is InChI=1S/C43H64O8/c1-5-6-7-8-9-10-11-12-13-14-15-16-17-18-19-26-50-38(47)22-23-39(48)51-30-37(46)43(49)31(2)27-35-34-21-20-32-28-33(44)24-25-41(32,3)40(34)36(45)29-42(35,43)4/h11-12,24-25,28,31,34-35,40,49H,5-10,13-23,26-27,29-30H2,1-4H3/b12-11-/t31-,34+,35?,40-,41+,42+,43+/m1/s1. The fourth-order valence-electron chi connectivity index (χ4n) is 9.92.